The van der Waals surface area contributed by atoms with E-state index in [2.05, 4.69) is 48.1 Å². The molecule has 0 unspecified atom stereocenters. The van der Waals surface area contributed by atoms with Crippen LogP contribution < -0.4 is 5.73 Å². The lowest BCUT2D eigenvalue weighted by Crippen LogP contribution is -2.00. The van der Waals surface area contributed by atoms with Gasteiger partial charge in [0, 0.05) is 11.1 Å². The van der Waals surface area contributed by atoms with E-state index < -0.39 is 0 Å². The summed E-state index contributed by atoms with van der Waals surface area (Å²) in [5, 5.41) is 0. The molecule has 0 saturated heterocycles. The van der Waals surface area contributed by atoms with Gasteiger partial charge in [-0.2, -0.15) is 0 Å². The van der Waals surface area contributed by atoms with Gasteiger partial charge in [0.2, 0.25) is 5.95 Å². The van der Waals surface area contributed by atoms with Gasteiger partial charge in [-0.25, -0.2) is 15.0 Å². The lowest BCUT2D eigenvalue weighted by molar-refractivity contribution is 0.647. The number of nitrogen functional groups attached to an aromatic ring is 1. The molecule has 0 saturated carbocycles. The molecule has 27 heavy (non-hydrogen) atoms. The second-order valence-corrected chi connectivity index (χ2v) is 7.16. The Morgan fingerprint density at radius 1 is 0.778 bits per heavy atom. The van der Waals surface area contributed by atoms with Crippen molar-refractivity contribution in [3.05, 3.63) is 72.3 Å². The number of aromatic nitrogens is 3. The topological polar surface area (TPSA) is 64.7 Å². The standard InChI is InChI=1S/C23H22N4/c1-15(2)14-16-8-10-17(11-9-16)19-12-13-20-22(25-19)21(27-23(24)26-20)18-6-4-3-5-7-18/h3-13,15H,14H2,1-2H3,(H2,24,26,27). The SMILES string of the molecule is CC(C)Cc1ccc(-c2ccc3nc(N)nc(-c4ccccc4)c3n2)cc1. The van der Waals surface area contributed by atoms with Crippen LogP contribution in [-0.2, 0) is 6.42 Å². The first-order chi connectivity index (χ1) is 13.1. The van der Waals surface area contributed by atoms with E-state index in [4.69, 9.17) is 10.7 Å². The predicted octanol–water partition coefficient (Wildman–Crippen LogP) is 5.14. The van der Waals surface area contributed by atoms with Crippen molar-refractivity contribution >= 4 is 17.0 Å². The van der Waals surface area contributed by atoms with Gasteiger partial charge < -0.3 is 5.73 Å². The lowest BCUT2D eigenvalue weighted by atomic mass is 10.0. The summed E-state index contributed by atoms with van der Waals surface area (Å²) in [5.74, 6) is 0.902. The zero-order valence-electron chi connectivity index (χ0n) is 15.6. The van der Waals surface area contributed by atoms with Crippen molar-refractivity contribution in [1.82, 2.24) is 15.0 Å². The molecule has 0 aliphatic rings. The second kappa shape index (κ2) is 7.16. The molecule has 0 aliphatic heterocycles. The highest BCUT2D eigenvalue weighted by Crippen LogP contribution is 2.28. The van der Waals surface area contributed by atoms with Gasteiger partial charge >= 0.3 is 0 Å². The molecule has 0 fully saturated rings. The van der Waals surface area contributed by atoms with E-state index in [-0.39, 0.29) is 5.95 Å². The molecule has 0 atom stereocenters. The normalized spacial score (nSPS) is 11.2. The number of anilines is 1. The van der Waals surface area contributed by atoms with Gasteiger partial charge in [0.1, 0.15) is 11.2 Å². The van der Waals surface area contributed by atoms with E-state index in [0.717, 1.165) is 40.0 Å². The van der Waals surface area contributed by atoms with Crippen molar-refractivity contribution in [2.45, 2.75) is 20.3 Å². The minimum absolute atomic E-state index is 0.258. The Balaban J connectivity index is 1.81. The number of rotatable bonds is 4. The van der Waals surface area contributed by atoms with Crippen LogP contribution in [0.4, 0.5) is 5.95 Å². The maximum absolute atomic E-state index is 5.92. The first-order valence-electron chi connectivity index (χ1n) is 9.19. The molecule has 4 aromatic rings. The van der Waals surface area contributed by atoms with Crippen LogP contribution in [0.1, 0.15) is 19.4 Å². The van der Waals surface area contributed by atoms with Gasteiger partial charge in [-0.15, -0.1) is 0 Å². The summed E-state index contributed by atoms with van der Waals surface area (Å²) >= 11 is 0. The Morgan fingerprint density at radius 2 is 1.52 bits per heavy atom. The van der Waals surface area contributed by atoms with E-state index in [9.17, 15) is 0 Å². The highest BCUT2D eigenvalue weighted by atomic mass is 15.0. The molecule has 2 heterocycles. The van der Waals surface area contributed by atoms with Crippen molar-refractivity contribution < 1.29 is 0 Å². The summed E-state index contributed by atoms with van der Waals surface area (Å²) < 4.78 is 0. The van der Waals surface area contributed by atoms with Gasteiger partial charge in [0.05, 0.1) is 11.2 Å². The molecule has 2 N–H and O–H groups in total. The van der Waals surface area contributed by atoms with E-state index in [1.165, 1.54) is 5.56 Å². The molecular formula is C23H22N4. The Kier molecular flexibility index (Phi) is 4.55. The zero-order chi connectivity index (χ0) is 18.8. The zero-order valence-corrected chi connectivity index (χ0v) is 15.6. The Labute approximate surface area is 159 Å². The van der Waals surface area contributed by atoms with Crippen LogP contribution in [0.3, 0.4) is 0 Å². The van der Waals surface area contributed by atoms with Crippen molar-refractivity contribution in [3.8, 4) is 22.5 Å². The van der Waals surface area contributed by atoms with Gasteiger partial charge in [0.15, 0.2) is 0 Å². The van der Waals surface area contributed by atoms with Crippen molar-refractivity contribution in [2.75, 3.05) is 5.73 Å². The summed E-state index contributed by atoms with van der Waals surface area (Å²) in [6.07, 6.45) is 1.08. The Bertz CT molecular complexity index is 1070. The molecule has 0 aliphatic carbocycles. The summed E-state index contributed by atoms with van der Waals surface area (Å²) in [6, 6.07) is 22.5. The largest absolute Gasteiger partial charge is 0.368 e. The number of fused-ring (bicyclic) bond motifs is 1. The molecule has 0 amide bonds. The van der Waals surface area contributed by atoms with E-state index >= 15 is 0 Å². The molecule has 0 radical (unpaired) electrons. The van der Waals surface area contributed by atoms with Gasteiger partial charge in [-0.05, 0) is 30.0 Å². The highest BCUT2D eigenvalue weighted by molar-refractivity contribution is 5.91. The Morgan fingerprint density at radius 3 is 2.22 bits per heavy atom. The number of pyridine rings is 1. The average molecular weight is 354 g/mol. The van der Waals surface area contributed by atoms with Gasteiger partial charge in [-0.3, -0.25) is 0 Å². The minimum atomic E-state index is 0.258. The van der Waals surface area contributed by atoms with Crippen LogP contribution in [0.25, 0.3) is 33.5 Å². The first-order valence-corrected chi connectivity index (χ1v) is 9.19. The average Bonchev–Trinajstić information content (AvgIpc) is 2.68. The second-order valence-electron chi connectivity index (χ2n) is 7.16. The molecule has 4 rings (SSSR count). The smallest absolute Gasteiger partial charge is 0.221 e. The van der Waals surface area contributed by atoms with Crippen LogP contribution >= 0.6 is 0 Å². The van der Waals surface area contributed by atoms with Crippen LogP contribution in [0.15, 0.2) is 66.7 Å². The van der Waals surface area contributed by atoms with Crippen molar-refractivity contribution in [3.63, 3.8) is 0 Å². The van der Waals surface area contributed by atoms with Crippen LogP contribution in [0.5, 0.6) is 0 Å². The minimum Gasteiger partial charge on any atom is -0.368 e. The molecule has 0 bridgehead atoms. The third-order valence-electron chi connectivity index (χ3n) is 4.50. The third kappa shape index (κ3) is 3.65. The Hall–Kier alpha value is -3.27. The summed E-state index contributed by atoms with van der Waals surface area (Å²) in [4.78, 5) is 13.7. The van der Waals surface area contributed by atoms with E-state index in [1.54, 1.807) is 0 Å². The number of nitrogens with two attached hydrogens (primary N) is 1. The van der Waals surface area contributed by atoms with Gasteiger partial charge in [-0.1, -0.05) is 68.4 Å². The van der Waals surface area contributed by atoms with Crippen LogP contribution in [-0.4, -0.2) is 15.0 Å². The molecule has 4 nitrogen and oxygen atoms in total. The number of nitrogens with zero attached hydrogens (tertiary/aromatic N) is 3. The third-order valence-corrected chi connectivity index (χ3v) is 4.50. The van der Waals surface area contributed by atoms with E-state index in [0.29, 0.717) is 5.92 Å². The maximum atomic E-state index is 5.92. The van der Waals surface area contributed by atoms with Crippen LogP contribution in [0.2, 0.25) is 0 Å². The molecule has 2 aromatic heterocycles. The summed E-state index contributed by atoms with van der Waals surface area (Å²) in [6.45, 7) is 4.46. The number of hydrogen-bond donors (Lipinski definition) is 1. The molecule has 2 aromatic carbocycles. The number of hydrogen-bond acceptors (Lipinski definition) is 4. The first kappa shape index (κ1) is 17.2. The van der Waals surface area contributed by atoms with E-state index in [1.807, 2.05) is 42.5 Å². The molecule has 0 spiro atoms. The van der Waals surface area contributed by atoms with Crippen molar-refractivity contribution in [2.24, 2.45) is 5.92 Å². The quantitative estimate of drug-likeness (QED) is 0.551. The van der Waals surface area contributed by atoms with Crippen molar-refractivity contribution in [1.29, 1.82) is 0 Å². The number of benzene rings is 2. The molecule has 4 heteroatoms. The monoisotopic (exact) mass is 354 g/mol. The summed E-state index contributed by atoms with van der Waals surface area (Å²) in [5.41, 5.74) is 12.5. The highest BCUT2D eigenvalue weighted by Gasteiger charge is 2.11. The van der Waals surface area contributed by atoms with Crippen LogP contribution in [0, 0.1) is 5.92 Å². The maximum Gasteiger partial charge on any atom is 0.221 e. The molecular weight excluding hydrogens is 332 g/mol. The molecule has 134 valence electrons. The fourth-order valence-electron chi connectivity index (χ4n) is 3.27. The summed E-state index contributed by atoms with van der Waals surface area (Å²) in [7, 11) is 0. The fourth-order valence-corrected chi connectivity index (χ4v) is 3.27. The lowest BCUT2D eigenvalue weighted by Gasteiger charge is -2.09. The van der Waals surface area contributed by atoms with Gasteiger partial charge in [0.25, 0.3) is 0 Å². The predicted molar refractivity (Wildman–Crippen MR) is 111 cm³/mol. The fraction of sp³-hybridized carbons (Fsp3) is 0.174.